The number of rotatable bonds is 7. The van der Waals surface area contributed by atoms with Crippen LogP contribution in [-0.2, 0) is 6.54 Å². The number of nitrogens with one attached hydrogen (secondary N) is 2. The van der Waals surface area contributed by atoms with Crippen molar-refractivity contribution in [3.63, 3.8) is 0 Å². The Hall–Kier alpha value is -2.23. The molecule has 2 N–H and O–H groups in total. The van der Waals surface area contributed by atoms with Crippen molar-refractivity contribution in [2.24, 2.45) is 4.99 Å². The maximum Gasteiger partial charge on any atom is 0.191 e. The van der Waals surface area contributed by atoms with E-state index in [9.17, 15) is 0 Å². The second-order valence-electron chi connectivity index (χ2n) is 7.44. The van der Waals surface area contributed by atoms with E-state index in [1.54, 1.807) is 14.2 Å². The number of halogens is 1. The predicted octanol–water partition coefficient (Wildman–Crippen LogP) is 3.75. The number of ether oxygens (including phenoxy) is 2. The Morgan fingerprint density at radius 3 is 2.42 bits per heavy atom. The molecule has 1 fully saturated rings. The van der Waals surface area contributed by atoms with Gasteiger partial charge in [-0.2, -0.15) is 0 Å². The Balaban J connectivity index is 0.00000341. The molecule has 170 valence electrons. The Morgan fingerprint density at radius 2 is 1.84 bits per heavy atom. The smallest absolute Gasteiger partial charge is 0.191 e. The van der Waals surface area contributed by atoms with Gasteiger partial charge in [0, 0.05) is 55.8 Å². The minimum atomic E-state index is 0. The Labute approximate surface area is 202 Å². The minimum Gasteiger partial charge on any atom is -0.497 e. The van der Waals surface area contributed by atoms with Gasteiger partial charge in [-0.1, -0.05) is 6.07 Å². The van der Waals surface area contributed by atoms with Gasteiger partial charge >= 0.3 is 0 Å². The zero-order chi connectivity index (χ0) is 21.3. The number of benzene rings is 1. The number of methoxy groups -OCH3 is 2. The molecule has 0 saturated carbocycles. The monoisotopic (exact) mass is 539 g/mol. The molecule has 0 atom stereocenters. The van der Waals surface area contributed by atoms with Crippen LogP contribution in [0.15, 0.2) is 41.5 Å². The van der Waals surface area contributed by atoms with Crippen LogP contribution in [0.25, 0.3) is 0 Å². The van der Waals surface area contributed by atoms with Crippen LogP contribution in [0, 0.1) is 6.92 Å². The highest BCUT2D eigenvalue weighted by Gasteiger charge is 2.21. The Kier molecular flexibility index (Phi) is 10.2. The van der Waals surface area contributed by atoms with Crippen molar-refractivity contribution < 1.29 is 9.47 Å². The molecule has 2 aromatic rings. The molecule has 1 aromatic carbocycles. The van der Waals surface area contributed by atoms with Crippen molar-refractivity contribution in [2.75, 3.05) is 38.8 Å². The molecule has 1 saturated heterocycles. The second-order valence-corrected chi connectivity index (χ2v) is 7.44. The van der Waals surface area contributed by atoms with E-state index in [0.29, 0.717) is 12.6 Å². The van der Waals surface area contributed by atoms with Crippen LogP contribution in [-0.4, -0.2) is 50.8 Å². The molecule has 0 spiro atoms. The molecule has 0 aliphatic carbocycles. The third-order valence-electron chi connectivity index (χ3n) is 5.39. The number of guanidine groups is 1. The lowest BCUT2D eigenvalue weighted by Crippen LogP contribution is -2.48. The summed E-state index contributed by atoms with van der Waals surface area (Å²) in [6, 6.07) is 10.4. The number of pyridine rings is 1. The molecule has 31 heavy (non-hydrogen) atoms. The van der Waals surface area contributed by atoms with E-state index in [1.165, 1.54) is 5.56 Å². The van der Waals surface area contributed by atoms with Gasteiger partial charge in [0.1, 0.15) is 11.5 Å². The van der Waals surface area contributed by atoms with Crippen LogP contribution >= 0.6 is 24.0 Å². The number of hydrogen-bond acceptors (Lipinski definition) is 5. The van der Waals surface area contributed by atoms with Crippen LogP contribution in [0.1, 0.15) is 31.0 Å². The quantitative estimate of drug-likeness (QED) is 0.318. The highest BCUT2D eigenvalue weighted by molar-refractivity contribution is 14.0. The molecule has 0 amide bonds. The summed E-state index contributed by atoms with van der Waals surface area (Å²) in [5.41, 5.74) is 3.31. The molecule has 2 heterocycles. The van der Waals surface area contributed by atoms with Gasteiger partial charge in [0.15, 0.2) is 5.96 Å². The van der Waals surface area contributed by atoms with E-state index < -0.39 is 0 Å². The number of aliphatic imine (C=N–C) groups is 1. The van der Waals surface area contributed by atoms with Crippen molar-refractivity contribution in [3.05, 3.63) is 47.8 Å². The van der Waals surface area contributed by atoms with Crippen molar-refractivity contribution in [1.29, 1.82) is 0 Å². The minimum absolute atomic E-state index is 0. The lowest BCUT2D eigenvalue weighted by Gasteiger charge is -2.34. The topological polar surface area (TPSA) is 71.0 Å². The van der Waals surface area contributed by atoms with Gasteiger partial charge in [-0.05, 0) is 38.3 Å². The fraction of sp³-hybridized carbons (Fsp3) is 0.478. The first kappa shape index (κ1) is 25.0. The lowest BCUT2D eigenvalue weighted by molar-refractivity contribution is 0.393. The number of anilines is 1. The molecule has 1 aromatic heterocycles. The van der Waals surface area contributed by atoms with Crippen LogP contribution < -0.4 is 25.0 Å². The Morgan fingerprint density at radius 1 is 1.16 bits per heavy atom. The van der Waals surface area contributed by atoms with Gasteiger partial charge in [-0.25, -0.2) is 4.99 Å². The Bertz CT molecular complexity index is 831. The average Bonchev–Trinajstić information content (AvgIpc) is 2.78. The number of hydrogen-bond donors (Lipinski definition) is 2. The third-order valence-corrected chi connectivity index (χ3v) is 5.39. The van der Waals surface area contributed by atoms with Crippen molar-refractivity contribution in [2.45, 2.75) is 39.3 Å². The molecule has 8 heteroatoms. The van der Waals surface area contributed by atoms with Crippen LogP contribution in [0.5, 0.6) is 11.5 Å². The molecule has 7 nitrogen and oxygen atoms in total. The third kappa shape index (κ3) is 7.15. The summed E-state index contributed by atoms with van der Waals surface area (Å²) in [7, 11) is 3.37. The zero-order valence-corrected chi connectivity index (χ0v) is 21.2. The molecular formula is C23H34IN5O2. The zero-order valence-electron chi connectivity index (χ0n) is 18.9. The first-order valence-electron chi connectivity index (χ1n) is 10.6. The van der Waals surface area contributed by atoms with Gasteiger partial charge in [0.25, 0.3) is 0 Å². The molecular weight excluding hydrogens is 505 g/mol. The number of aromatic nitrogens is 1. The van der Waals surface area contributed by atoms with E-state index >= 15 is 0 Å². The first-order valence-corrected chi connectivity index (χ1v) is 10.6. The van der Waals surface area contributed by atoms with E-state index in [2.05, 4.69) is 52.6 Å². The summed E-state index contributed by atoms with van der Waals surface area (Å²) in [5, 5.41) is 6.96. The highest BCUT2D eigenvalue weighted by Crippen LogP contribution is 2.30. The van der Waals surface area contributed by atoms with E-state index in [1.807, 2.05) is 18.3 Å². The van der Waals surface area contributed by atoms with Gasteiger partial charge in [0.05, 0.1) is 26.5 Å². The summed E-state index contributed by atoms with van der Waals surface area (Å²) < 4.78 is 10.8. The fourth-order valence-electron chi connectivity index (χ4n) is 3.61. The van der Waals surface area contributed by atoms with Crippen molar-refractivity contribution in [1.82, 2.24) is 15.6 Å². The maximum absolute atomic E-state index is 5.41. The fourth-order valence-corrected chi connectivity index (χ4v) is 3.61. The number of aryl methyl sites for hydroxylation is 1. The standard InChI is InChI=1S/C23H33N5O2.HI/c1-5-24-23(26-16-22-17(2)7-6-10-25-22)27-18-8-11-28(12-9-18)19-13-20(29-3)15-21(14-19)30-4;/h6-7,10,13-15,18H,5,8-9,11-12,16H2,1-4H3,(H2,24,26,27);1H. The van der Waals surface area contributed by atoms with E-state index in [0.717, 1.165) is 61.3 Å². The van der Waals surface area contributed by atoms with Crippen molar-refractivity contribution >= 4 is 35.6 Å². The van der Waals surface area contributed by atoms with Crippen LogP contribution in [0.3, 0.4) is 0 Å². The summed E-state index contributed by atoms with van der Waals surface area (Å²) in [4.78, 5) is 11.6. The SMILES string of the molecule is CCNC(=NCc1ncccc1C)NC1CCN(c2cc(OC)cc(OC)c2)CC1.I. The molecule has 0 unspecified atom stereocenters. The summed E-state index contributed by atoms with van der Waals surface area (Å²) >= 11 is 0. The summed E-state index contributed by atoms with van der Waals surface area (Å²) in [6.45, 7) is 7.49. The molecule has 0 radical (unpaired) electrons. The molecule has 0 bridgehead atoms. The van der Waals surface area contributed by atoms with Gasteiger partial charge in [-0.15, -0.1) is 24.0 Å². The molecule has 3 rings (SSSR count). The van der Waals surface area contributed by atoms with Gasteiger partial charge < -0.3 is 25.0 Å². The first-order chi connectivity index (χ1) is 14.6. The van der Waals surface area contributed by atoms with E-state index in [4.69, 9.17) is 14.5 Å². The second kappa shape index (κ2) is 12.6. The van der Waals surface area contributed by atoms with Gasteiger partial charge in [-0.3, -0.25) is 4.98 Å². The van der Waals surface area contributed by atoms with Gasteiger partial charge in [0.2, 0.25) is 0 Å². The van der Waals surface area contributed by atoms with Crippen molar-refractivity contribution in [3.8, 4) is 11.5 Å². The van der Waals surface area contributed by atoms with Crippen LogP contribution in [0.4, 0.5) is 5.69 Å². The lowest BCUT2D eigenvalue weighted by atomic mass is 10.0. The van der Waals surface area contributed by atoms with Crippen LogP contribution in [0.2, 0.25) is 0 Å². The molecule has 1 aliphatic heterocycles. The molecule has 1 aliphatic rings. The maximum atomic E-state index is 5.41. The predicted molar refractivity (Wildman–Crippen MR) is 137 cm³/mol. The summed E-state index contributed by atoms with van der Waals surface area (Å²) in [5.74, 6) is 2.48. The average molecular weight is 539 g/mol. The normalized spacial score (nSPS) is 14.6. The largest absolute Gasteiger partial charge is 0.497 e. The highest BCUT2D eigenvalue weighted by atomic mass is 127. The number of nitrogens with zero attached hydrogens (tertiary/aromatic N) is 3. The number of piperidine rings is 1. The van der Waals surface area contributed by atoms with E-state index in [-0.39, 0.29) is 24.0 Å². The summed E-state index contributed by atoms with van der Waals surface area (Å²) in [6.07, 6.45) is 3.89.